The number of thiophene rings is 2. The summed E-state index contributed by atoms with van der Waals surface area (Å²) in [5.41, 5.74) is 7.87. The second-order valence-corrected chi connectivity index (χ2v) is 13.9. The van der Waals surface area contributed by atoms with Crippen LogP contribution in [0.5, 0.6) is 0 Å². The van der Waals surface area contributed by atoms with E-state index in [0.717, 1.165) is 56.5 Å². The fraction of sp³-hybridized carbons (Fsp3) is 0.333. The van der Waals surface area contributed by atoms with E-state index in [9.17, 15) is 0 Å². The van der Waals surface area contributed by atoms with Crippen LogP contribution in [0.15, 0.2) is 71.6 Å². The summed E-state index contributed by atoms with van der Waals surface area (Å²) in [5.74, 6) is 0.765. The topological polar surface area (TPSA) is 51.6 Å². The van der Waals surface area contributed by atoms with Gasteiger partial charge in [-0.1, -0.05) is 88.0 Å². The number of fused-ring (bicyclic) bond motifs is 1. The van der Waals surface area contributed by atoms with Crippen LogP contribution in [0.1, 0.15) is 76.3 Å². The van der Waals surface area contributed by atoms with Crippen LogP contribution in [0.3, 0.4) is 0 Å². The summed E-state index contributed by atoms with van der Waals surface area (Å²) in [4.78, 5) is 22.9. The van der Waals surface area contributed by atoms with Crippen LogP contribution >= 0.6 is 34.0 Å². The second-order valence-electron chi connectivity index (χ2n) is 11.1. The van der Waals surface area contributed by atoms with Crippen LogP contribution in [0.2, 0.25) is 0 Å². The minimum atomic E-state index is 0.765. The molecule has 1 aromatic carbocycles. The molecule has 0 amide bonds. The highest BCUT2D eigenvalue weighted by Crippen LogP contribution is 2.35. The Morgan fingerprint density at radius 3 is 1.81 bits per heavy atom. The van der Waals surface area contributed by atoms with Gasteiger partial charge in [-0.25, -0.2) is 19.9 Å². The molecule has 0 saturated heterocycles. The maximum Gasteiger partial charge on any atom is 0.160 e. The number of aromatic nitrogens is 4. The van der Waals surface area contributed by atoms with Gasteiger partial charge in [0.1, 0.15) is 15.4 Å². The summed E-state index contributed by atoms with van der Waals surface area (Å²) in [6, 6.07) is 19.3. The van der Waals surface area contributed by atoms with Crippen molar-refractivity contribution in [3.8, 4) is 43.1 Å². The molecule has 5 heterocycles. The smallest absolute Gasteiger partial charge is 0.160 e. The number of hydrogen-bond donors (Lipinski definition) is 0. The first-order valence-corrected chi connectivity index (χ1v) is 18.1. The van der Waals surface area contributed by atoms with Gasteiger partial charge in [-0.2, -0.15) is 0 Å². The van der Waals surface area contributed by atoms with Crippen molar-refractivity contribution >= 4 is 44.4 Å². The predicted octanol–water partition coefficient (Wildman–Crippen LogP) is 11.5. The molecule has 0 aliphatic heterocycles. The van der Waals surface area contributed by atoms with Gasteiger partial charge in [0, 0.05) is 17.3 Å². The van der Waals surface area contributed by atoms with Crippen molar-refractivity contribution in [2.45, 2.75) is 78.1 Å². The largest absolute Gasteiger partial charge is 0.244 e. The number of nitrogens with zero attached hydrogens (tertiary/aromatic N) is 4. The van der Waals surface area contributed by atoms with Crippen molar-refractivity contribution < 1.29 is 0 Å². The molecule has 0 unspecified atom stereocenters. The Morgan fingerprint density at radius 1 is 0.628 bits per heavy atom. The fourth-order valence-electron chi connectivity index (χ4n) is 5.28. The zero-order valence-electron chi connectivity index (χ0n) is 25.0. The highest BCUT2D eigenvalue weighted by atomic mass is 32.1. The molecule has 4 nitrogen and oxygen atoms in total. The van der Waals surface area contributed by atoms with E-state index in [1.807, 2.05) is 18.3 Å². The van der Waals surface area contributed by atoms with Crippen molar-refractivity contribution in [2.75, 3.05) is 0 Å². The Balaban J connectivity index is 1.30. The molecule has 0 fully saturated rings. The van der Waals surface area contributed by atoms with Crippen molar-refractivity contribution in [3.63, 3.8) is 0 Å². The molecule has 0 spiro atoms. The Kier molecular flexibility index (Phi) is 10.0. The lowest BCUT2D eigenvalue weighted by Gasteiger charge is -2.07. The van der Waals surface area contributed by atoms with E-state index in [4.69, 9.17) is 15.0 Å². The number of pyridine rings is 1. The monoisotopic (exact) mass is 622 g/mol. The molecular weight excluding hydrogens is 585 g/mol. The summed E-state index contributed by atoms with van der Waals surface area (Å²) in [7, 11) is 0. The SMILES string of the molecule is CCCCCCc1csc(-c2cc(-c3cc(CCCCCC)cs3)nc(-c3ccc(-c4nc5cccnc5s4)cc3)n2)c1. The van der Waals surface area contributed by atoms with E-state index in [0.29, 0.717) is 0 Å². The lowest BCUT2D eigenvalue weighted by atomic mass is 10.1. The van der Waals surface area contributed by atoms with E-state index in [-0.39, 0.29) is 0 Å². The quantitative estimate of drug-likeness (QED) is 0.113. The minimum Gasteiger partial charge on any atom is -0.244 e. The molecule has 0 radical (unpaired) electrons. The van der Waals surface area contributed by atoms with Crippen molar-refractivity contribution in [1.82, 2.24) is 19.9 Å². The summed E-state index contributed by atoms with van der Waals surface area (Å²) >= 11 is 5.22. The van der Waals surface area contributed by atoms with Crippen LogP contribution < -0.4 is 0 Å². The average Bonchev–Trinajstić information content (AvgIpc) is 3.81. The summed E-state index contributed by atoms with van der Waals surface area (Å²) in [6.45, 7) is 4.53. The highest BCUT2D eigenvalue weighted by Gasteiger charge is 2.15. The van der Waals surface area contributed by atoms with Crippen molar-refractivity contribution in [1.29, 1.82) is 0 Å². The van der Waals surface area contributed by atoms with Gasteiger partial charge in [0.25, 0.3) is 0 Å². The molecule has 0 atom stereocenters. The van der Waals surface area contributed by atoms with Crippen molar-refractivity contribution in [3.05, 3.63) is 82.7 Å². The molecule has 43 heavy (non-hydrogen) atoms. The second kappa shape index (κ2) is 14.5. The molecule has 0 N–H and O–H groups in total. The molecular formula is C36H38N4S3. The molecule has 6 rings (SSSR count). The third-order valence-electron chi connectivity index (χ3n) is 7.73. The lowest BCUT2D eigenvalue weighted by molar-refractivity contribution is 0.667. The summed E-state index contributed by atoms with van der Waals surface area (Å²) < 4.78 is 0. The Bertz CT molecular complexity index is 1660. The molecule has 0 bridgehead atoms. The van der Waals surface area contributed by atoms with E-state index in [1.165, 1.54) is 72.2 Å². The maximum atomic E-state index is 5.12. The molecule has 6 aromatic rings. The number of rotatable bonds is 14. The Morgan fingerprint density at radius 2 is 1.23 bits per heavy atom. The third-order valence-corrected chi connectivity index (χ3v) is 10.8. The summed E-state index contributed by atoms with van der Waals surface area (Å²) in [6.07, 6.45) is 14.3. The Labute approximate surface area is 267 Å². The number of hydrogen-bond acceptors (Lipinski definition) is 7. The minimum absolute atomic E-state index is 0.765. The van der Waals surface area contributed by atoms with Gasteiger partial charge < -0.3 is 0 Å². The van der Waals surface area contributed by atoms with Gasteiger partial charge in [-0.05, 0) is 77.9 Å². The summed E-state index contributed by atoms with van der Waals surface area (Å²) in [5, 5.41) is 5.60. The van der Waals surface area contributed by atoms with Crippen LogP contribution in [0.25, 0.3) is 53.4 Å². The van der Waals surface area contributed by atoms with Crippen LogP contribution in [-0.2, 0) is 12.8 Å². The molecule has 220 valence electrons. The van der Waals surface area contributed by atoms with Crippen LogP contribution in [0.4, 0.5) is 0 Å². The maximum absolute atomic E-state index is 5.12. The highest BCUT2D eigenvalue weighted by molar-refractivity contribution is 7.21. The average molecular weight is 623 g/mol. The zero-order valence-corrected chi connectivity index (χ0v) is 27.5. The molecule has 5 aromatic heterocycles. The van der Waals surface area contributed by atoms with Gasteiger partial charge in [-0.3, -0.25) is 0 Å². The molecule has 0 aliphatic carbocycles. The predicted molar refractivity (Wildman–Crippen MR) is 186 cm³/mol. The van der Waals surface area contributed by atoms with Gasteiger partial charge in [0.05, 0.1) is 21.1 Å². The lowest BCUT2D eigenvalue weighted by Crippen LogP contribution is -1.94. The Hall–Kier alpha value is -3.26. The molecule has 7 heteroatoms. The normalized spacial score (nSPS) is 11.5. The standard InChI is InChI=1S/C36H38N4S3/c1-3-5-7-9-12-25-20-32(41-23-25)30-22-31(33-21-26(24-42-33)13-10-8-6-4-2)39-34(38-30)27-15-17-28(18-16-27)35-40-29-14-11-19-37-36(29)43-35/h11,14-24H,3-10,12-13H2,1-2H3. The van der Waals surface area contributed by atoms with E-state index in [1.54, 1.807) is 34.0 Å². The number of benzene rings is 1. The first-order chi connectivity index (χ1) is 21.2. The number of unbranched alkanes of at least 4 members (excludes halogenated alkanes) is 6. The van der Waals surface area contributed by atoms with E-state index >= 15 is 0 Å². The number of aryl methyl sites for hydroxylation is 2. The molecule has 0 aliphatic rings. The van der Waals surface area contributed by atoms with Crippen molar-refractivity contribution in [2.24, 2.45) is 0 Å². The zero-order chi connectivity index (χ0) is 29.4. The van der Waals surface area contributed by atoms with Gasteiger partial charge >= 0.3 is 0 Å². The van der Waals surface area contributed by atoms with Gasteiger partial charge in [-0.15, -0.1) is 22.7 Å². The van der Waals surface area contributed by atoms with Gasteiger partial charge in [0.15, 0.2) is 5.82 Å². The fourth-order valence-corrected chi connectivity index (χ4v) is 8.01. The first kappa shape index (κ1) is 29.8. The van der Waals surface area contributed by atoms with E-state index in [2.05, 4.69) is 72.1 Å². The van der Waals surface area contributed by atoms with E-state index < -0.39 is 0 Å². The van der Waals surface area contributed by atoms with Gasteiger partial charge in [0.2, 0.25) is 0 Å². The van der Waals surface area contributed by atoms with Crippen LogP contribution in [0, 0.1) is 0 Å². The first-order valence-electron chi connectivity index (χ1n) is 15.6. The van der Waals surface area contributed by atoms with Crippen LogP contribution in [-0.4, -0.2) is 19.9 Å². The molecule has 0 saturated carbocycles. The number of thiazole rings is 1. The third kappa shape index (κ3) is 7.46.